The van der Waals surface area contributed by atoms with Crippen molar-refractivity contribution < 1.29 is 4.39 Å². The van der Waals surface area contributed by atoms with Gasteiger partial charge in [0, 0.05) is 23.7 Å². The number of aromatic nitrogens is 4. The molecule has 2 aromatic carbocycles. The second kappa shape index (κ2) is 7.67. The Hall–Kier alpha value is -3.19. The van der Waals surface area contributed by atoms with Crippen molar-refractivity contribution in [1.29, 1.82) is 0 Å². The molecular formula is C22H24FN5O. The van der Waals surface area contributed by atoms with Gasteiger partial charge in [-0.25, -0.2) is 18.9 Å². The number of nitrogens with zero attached hydrogens (tertiary/aromatic N) is 4. The second-order valence-corrected chi connectivity index (χ2v) is 7.58. The van der Waals surface area contributed by atoms with Gasteiger partial charge in [0.05, 0.1) is 11.2 Å². The molecule has 2 aromatic heterocycles. The highest BCUT2D eigenvalue weighted by Gasteiger charge is 2.18. The van der Waals surface area contributed by atoms with Gasteiger partial charge < -0.3 is 9.47 Å². The number of hydrogen-bond acceptors (Lipinski definition) is 3. The molecule has 7 heteroatoms. The molecule has 150 valence electrons. The summed E-state index contributed by atoms with van der Waals surface area (Å²) in [6, 6.07) is 12.5. The lowest BCUT2D eigenvalue weighted by atomic mass is 10.1. The van der Waals surface area contributed by atoms with Crippen molar-refractivity contribution in [2.24, 2.45) is 0 Å². The lowest BCUT2D eigenvalue weighted by Crippen LogP contribution is -2.16. The van der Waals surface area contributed by atoms with Gasteiger partial charge in [-0.05, 0) is 52.2 Å². The minimum atomic E-state index is -0.350. The largest absolute Gasteiger partial charge is 0.348 e. The Morgan fingerprint density at radius 2 is 1.90 bits per heavy atom. The van der Waals surface area contributed by atoms with Crippen LogP contribution in [0.4, 0.5) is 4.39 Å². The number of aromatic amines is 1. The van der Waals surface area contributed by atoms with E-state index < -0.39 is 0 Å². The molecule has 0 aliphatic rings. The Balaban J connectivity index is 1.86. The molecule has 0 aliphatic heterocycles. The van der Waals surface area contributed by atoms with E-state index in [4.69, 9.17) is 0 Å². The number of halogens is 1. The molecule has 0 fully saturated rings. The fourth-order valence-electron chi connectivity index (χ4n) is 3.59. The molecule has 0 amide bonds. The Kier molecular flexibility index (Phi) is 5.07. The maximum atomic E-state index is 14.1. The maximum absolute atomic E-state index is 14.1. The maximum Gasteiger partial charge on any atom is 0.348 e. The zero-order chi connectivity index (χ0) is 20.5. The van der Waals surface area contributed by atoms with Gasteiger partial charge in [-0.3, -0.25) is 0 Å². The van der Waals surface area contributed by atoms with Gasteiger partial charge in [-0.1, -0.05) is 29.8 Å². The molecule has 0 saturated heterocycles. The summed E-state index contributed by atoms with van der Waals surface area (Å²) in [6.45, 7) is 3.72. The lowest BCUT2D eigenvalue weighted by Gasteiger charge is -2.10. The summed E-state index contributed by atoms with van der Waals surface area (Å²) >= 11 is 0. The fourth-order valence-corrected chi connectivity index (χ4v) is 3.59. The number of benzene rings is 2. The topological polar surface area (TPSA) is 58.9 Å². The van der Waals surface area contributed by atoms with E-state index in [1.807, 2.05) is 51.5 Å². The van der Waals surface area contributed by atoms with Crippen molar-refractivity contribution in [1.82, 2.24) is 24.2 Å². The summed E-state index contributed by atoms with van der Waals surface area (Å²) in [5.41, 5.74) is 3.11. The zero-order valence-corrected chi connectivity index (χ0v) is 16.8. The third kappa shape index (κ3) is 3.73. The van der Waals surface area contributed by atoms with Crippen molar-refractivity contribution in [2.45, 2.75) is 19.9 Å². The summed E-state index contributed by atoms with van der Waals surface area (Å²) in [5, 5.41) is 7.46. The van der Waals surface area contributed by atoms with Crippen molar-refractivity contribution in [3.05, 3.63) is 70.5 Å². The monoisotopic (exact) mass is 393 g/mol. The van der Waals surface area contributed by atoms with E-state index in [-0.39, 0.29) is 11.5 Å². The first-order chi connectivity index (χ1) is 13.9. The molecule has 0 aliphatic carbocycles. The molecular weight excluding hydrogens is 369 g/mol. The predicted molar refractivity (Wildman–Crippen MR) is 113 cm³/mol. The summed E-state index contributed by atoms with van der Waals surface area (Å²) in [7, 11) is 4.07. The Labute approximate surface area is 168 Å². The number of H-pyrrole nitrogens is 1. The number of hydrogen-bond donors (Lipinski definition) is 1. The smallest absolute Gasteiger partial charge is 0.345 e. The first-order valence-corrected chi connectivity index (χ1v) is 9.62. The Morgan fingerprint density at radius 3 is 2.62 bits per heavy atom. The van der Waals surface area contributed by atoms with E-state index in [0.29, 0.717) is 16.9 Å². The van der Waals surface area contributed by atoms with Crippen LogP contribution in [0.5, 0.6) is 0 Å². The molecule has 0 spiro atoms. The summed E-state index contributed by atoms with van der Waals surface area (Å²) in [5.74, 6) is 0.171. The highest BCUT2D eigenvalue weighted by atomic mass is 19.1. The molecule has 0 bridgehead atoms. The summed E-state index contributed by atoms with van der Waals surface area (Å²) in [4.78, 5) is 14.8. The number of fused-ring (bicyclic) bond motifs is 1. The molecule has 6 nitrogen and oxygen atoms in total. The first-order valence-electron chi connectivity index (χ1n) is 9.62. The Bertz CT molecular complexity index is 1200. The molecule has 1 N–H and O–H groups in total. The predicted octanol–water partition coefficient (Wildman–Crippen LogP) is 3.58. The van der Waals surface area contributed by atoms with E-state index in [2.05, 4.69) is 19.7 Å². The van der Waals surface area contributed by atoms with Crippen LogP contribution < -0.4 is 5.69 Å². The van der Waals surface area contributed by atoms with E-state index in [0.717, 1.165) is 36.2 Å². The quantitative estimate of drug-likeness (QED) is 0.545. The Morgan fingerprint density at radius 1 is 1.14 bits per heavy atom. The van der Waals surface area contributed by atoms with Gasteiger partial charge in [0.1, 0.15) is 5.82 Å². The van der Waals surface area contributed by atoms with Gasteiger partial charge in [-0.15, -0.1) is 0 Å². The molecule has 0 radical (unpaired) electrons. The van der Waals surface area contributed by atoms with Crippen LogP contribution in [-0.4, -0.2) is 44.9 Å². The minimum absolute atomic E-state index is 0.335. The molecule has 0 atom stereocenters. The van der Waals surface area contributed by atoms with Crippen molar-refractivity contribution in [3.8, 4) is 17.1 Å². The minimum Gasteiger partial charge on any atom is -0.345 e. The third-order valence-corrected chi connectivity index (χ3v) is 5.05. The average molecular weight is 393 g/mol. The van der Waals surface area contributed by atoms with Crippen LogP contribution >= 0.6 is 0 Å². The van der Waals surface area contributed by atoms with Crippen LogP contribution in [0.15, 0.2) is 53.5 Å². The van der Waals surface area contributed by atoms with Gasteiger partial charge in [-0.2, -0.15) is 5.10 Å². The highest BCUT2D eigenvalue weighted by molar-refractivity contribution is 5.89. The zero-order valence-electron chi connectivity index (χ0n) is 16.8. The number of aryl methyl sites for hydroxylation is 2. The molecule has 0 saturated carbocycles. The van der Waals surface area contributed by atoms with E-state index in [1.54, 1.807) is 6.07 Å². The lowest BCUT2D eigenvalue weighted by molar-refractivity contribution is 0.388. The average Bonchev–Trinajstić information content (AvgIpc) is 3.22. The van der Waals surface area contributed by atoms with E-state index in [9.17, 15) is 9.18 Å². The van der Waals surface area contributed by atoms with Gasteiger partial charge in [0.15, 0.2) is 5.82 Å². The standard InChI is InChI=1S/C22H24FN5O/c1-15-5-7-16(8-6-15)21-24-25-22(29)28(21)20-14-27(12-4-11-26(2)3)19-10-9-17(23)13-18(19)20/h5-10,13-14H,4,11-12H2,1-3H3,(H,25,29). The van der Waals surface area contributed by atoms with Crippen LogP contribution in [0.3, 0.4) is 0 Å². The SMILES string of the molecule is Cc1ccc(-c2n[nH]c(=O)n2-c2cn(CCCN(C)C)c3ccc(F)cc23)cc1. The van der Waals surface area contributed by atoms with E-state index in [1.165, 1.54) is 16.7 Å². The number of nitrogens with one attached hydrogen (secondary N) is 1. The summed E-state index contributed by atoms with van der Waals surface area (Å²) in [6.07, 6.45) is 2.85. The van der Waals surface area contributed by atoms with Crippen molar-refractivity contribution in [3.63, 3.8) is 0 Å². The summed E-state index contributed by atoms with van der Waals surface area (Å²) < 4.78 is 17.7. The van der Waals surface area contributed by atoms with Crippen molar-refractivity contribution in [2.75, 3.05) is 20.6 Å². The van der Waals surface area contributed by atoms with Crippen LogP contribution in [0.25, 0.3) is 28.0 Å². The van der Waals surface area contributed by atoms with E-state index >= 15 is 0 Å². The molecule has 29 heavy (non-hydrogen) atoms. The second-order valence-electron chi connectivity index (χ2n) is 7.58. The fraction of sp³-hybridized carbons (Fsp3) is 0.273. The number of rotatable bonds is 6. The van der Waals surface area contributed by atoms with Crippen molar-refractivity contribution >= 4 is 10.9 Å². The van der Waals surface area contributed by atoms with Crippen LogP contribution in [0.2, 0.25) is 0 Å². The molecule has 0 unspecified atom stereocenters. The third-order valence-electron chi connectivity index (χ3n) is 5.05. The van der Waals surface area contributed by atoms with Gasteiger partial charge in [0.2, 0.25) is 0 Å². The molecule has 2 heterocycles. The van der Waals surface area contributed by atoms with Gasteiger partial charge in [0.25, 0.3) is 0 Å². The molecule has 4 aromatic rings. The highest BCUT2D eigenvalue weighted by Crippen LogP contribution is 2.28. The van der Waals surface area contributed by atoms with Gasteiger partial charge >= 0.3 is 5.69 Å². The first kappa shape index (κ1) is 19.1. The van der Waals surface area contributed by atoms with Crippen LogP contribution in [0, 0.1) is 12.7 Å². The van der Waals surface area contributed by atoms with Crippen LogP contribution in [0.1, 0.15) is 12.0 Å². The van der Waals surface area contributed by atoms with Crippen LogP contribution in [-0.2, 0) is 6.54 Å². The normalized spacial score (nSPS) is 11.6. The molecule has 4 rings (SSSR count).